The summed E-state index contributed by atoms with van der Waals surface area (Å²) in [7, 11) is 0. The first kappa shape index (κ1) is 16.1. The average molecular weight is 300 g/mol. The van der Waals surface area contributed by atoms with Gasteiger partial charge in [-0.25, -0.2) is 4.79 Å². The second-order valence-electron chi connectivity index (χ2n) is 5.95. The summed E-state index contributed by atoms with van der Waals surface area (Å²) in [5.41, 5.74) is 6.23. The summed E-state index contributed by atoms with van der Waals surface area (Å²) in [6, 6.07) is 5.79. The number of nitrogens with zero attached hydrogens (tertiary/aromatic N) is 1. The Morgan fingerprint density at radius 2 is 2.00 bits per heavy atom. The fraction of sp³-hybridized carbons (Fsp3) is 0.412. The van der Waals surface area contributed by atoms with E-state index in [1.165, 1.54) is 11.1 Å². The van der Waals surface area contributed by atoms with Crippen molar-refractivity contribution in [3.05, 3.63) is 46.3 Å². The number of carbonyl (C=O) groups excluding carboxylic acids is 1. The molecule has 0 radical (unpaired) electrons. The summed E-state index contributed by atoms with van der Waals surface area (Å²) in [5, 5.41) is 12.8. The summed E-state index contributed by atoms with van der Waals surface area (Å²) in [6.07, 6.45) is 0. The van der Waals surface area contributed by atoms with Gasteiger partial charge in [-0.05, 0) is 49.9 Å². The molecule has 0 bridgehead atoms. The smallest absolute Gasteiger partial charge is 0.319 e. The van der Waals surface area contributed by atoms with E-state index in [0.29, 0.717) is 12.5 Å². The van der Waals surface area contributed by atoms with Crippen molar-refractivity contribution in [3.8, 4) is 0 Å². The first-order valence-corrected chi connectivity index (χ1v) is 7.54. The van der Waals surface area contributed by atoms with Gasteiger partial charge in [0.05, 0.1) is 5.69 Å². The molecule has 1 aromatic heterocycles. The van der Waals surface area contributed by atoms with E-state index in [4.69, 9.17) is 0 Å². The molecular formula is C17H24N4O. The van der Waals surface area contributed by atoms with Crippen LogP contribution >= 0.6 is 0 Å². The predicted molar refractivity (Wildman–Crippen MR) is 89.2 cm³/mol. The number of aromatic amines is 1. The highest BCUT2D eigenvalue weighted by Gasteiger charge is 2.09. The Morgan fingerprint density at radius 1 is 1.27 bits per heavy atom. The zero-order valence-electron chi connectivity index (χ0n) is 13.9. The Morgan fingerprint density at radius 3 is 2.59 bits per heavy atom. The molecule has 0 saturated carbocycles. The van der Waals surface area contributed by atoms with E-state index in [2.05, 4.69) is 41.6 Å². The molecule has 5 heteroatoms. The van der Waals surface area contributed by atoms with Gasteiger partial charge in [0.2, 0.25) is 0 Å². The van der Waals surface area contributed by atoms with Gasteiger partial charge in [0.15, 0.2) is 0 Å². The number of hydrogen-bond acceptors (Lipinski definition) is 2. The van der Waals surface area contributed by atoms with Gasteiger partial charge in [-0.15, -0.1) is 0 Å². The number of H-pyrrole nitrogens is 1. The molecule has 0 aliphatic heterocycles. The van der Waals surface area contributed by atoms with Crippen LogP contribution in [0.4, 0.5) is 10.5 Å². The standard InChI is InChI=1S/C17H24N4O/c1-10(2)15-8-14(7-6-11(15)3)19-17(22)18-9-16-12(4)20-21-13(16)5/h6-8,10H,9H2,1-5H3,(H,20,21)(H2,18,19,22). The third-order valence-corrected chi connectivity index (χ3v) is 3.87. The van der Waals surface area contributed by atoms with E-state index in [1.807, 2.05) is 32.0 Å². The molecule has 0 aliphatic rings. The molecule has 118 valence electrons. The van der Waals surface area contributed by atoms with Crippen molar-refractivity contribution < 1.29 is 4.79 Å². The van der Waals surface area contributed by atoms with Gasteiger partial charge in [0.1, 0.15) is 0 Å². The van der Waals surface area contributed by atoms with Gasteiger partial charge >= 0.3 is 6.03 Å². The maximum atomic E-state index is 12.0. The van der Waals surface area contributed by atoms with Gasteiger partial charge in [0.25, 0.3) is 0 Å². The molecular weight excluding hydrogens is 276 g/mol. The lowest BCUT2D eigenvalue weighted by Gasteiger charge is -2.13. The van der Waals surface area contributed by atoms with Crippen molar-refractivity contribution in [1.82, 2.24) is 15.5 Å². The number of aryl methyl sites for hydroxylation is 3. The molecule has 3 N–H and O–H groups in total. The van der Waals surface area contributed by atoms with Gasteiger partial charge in [-0.1, -0.05) is 19.9 Å². The monoisotopic (exact) mass is 300 g/mol. The first-order valence-electron chi connectivity index (χ1n) is 7.54. The molecule has 2 aromatic rings. The number of hydrogen-bond donors (Lipinski definition) is 3. The van der Waals surface area contributed by atoms with Crippen LogP contribution in [0.2, 0.25) is 0 Å². The number of anilines is 1. The number of amides is 2. The minimum atomic E-state index is -0.210. The number of aromatic nitrogens is 2. The quantitative estimate of drug-likeness (QED) is 0.804. The lowest BCUT2D eigenvalue weighted by Crippen LogP contribution is -2.28. The summed E-state index contributed by atoms with van der Waals surface area (Å²) < 4.78 is 0. The molecule has 22 heavy (non-hydrogen) atoms. The number of carbonyl (C=O) groups is 1. The largest absolute Gasteiger partial charge is 0.334 e. The van der Waals surface area contributed by atoms with Crippen molar-refractivity contribution in [2.75, 3.05) is 5.32 Å². The molecule has 0 aliphatic carbocycles. The number of urea groups is 1. The van der Waals surface area contributed by atoms with Crippen molar-refractivity contribution in [3.63, 3.8) is 0 Å². The molecule has 0 unspecified atom stereocenters. The minimum absolute atomic E-state index is 0.210. The SMILES string of the molecule is Cc1ccc(NC(=O)NCc2c(C)n[nH]c2C)cc1C(C)C. The summed E-state index contributed by atoms with van der Waals surface area (Å²) in [5.74, 6) is 0.432. The second-order valence-corrected chi connectivity index (χ2v) is 5.95. The molecule has 1 heterocycles. The van der Waals surface area contributed by atoms with Gasteiger partial charge in [-0.3, -0.25) is 5.10 Å². The van der Waals surface area contributed by atoms with E-state index in [9.17, 15) is 4.79 Å². The highest BCUT2D eigenvalue weighted by Crippen LogP contribution is 2.22. The van der Waals surface area contributed by atoms with Gasteiger partial charge in [-0.2, -0.15) is 5.10 Å². The predicted octanol–water partition coefficient (Wildman–Crippen LogP) is 3.78. The van der Waals surface area contributed by atoms with Crippen LogP contribution in [0.25, 0.3) is 0 Å². The first-order chi connectivity index (χ1) is 10.4. The van der Waals surface area contributed by atoms with Crippen LogP contribution in [0, 0.1) is 20.8 Å². The Bertz CT molecular complexity index is 654. The Labute approximate surface area is 131 Å². The van der Waals surface area contributed by atoms with E-state index in [-0.39, 0.29) is 6.03 Å². The second kappa shape index (κ2) is 6.64. The zero-order valence-corrected chi connectivity index (χ0v) is 13.9. The van der Waals surface area contributed by atoms with Crippen molar-refractivity contribution in [1.29, 1.82) is 0 Å². The van der Waals surface area contributed by atoms with Crippen LogP contribution in [0.3, 0.4) is 0 Å². The topological polar surface area (TPSA) is 69.8 Å². The molecule has 2 amide bonds. The van der Waals surface area contributed by atoms with Crippen LogP contribution in [0.15, 0.2) is 18.2 Å². The zero-order chi connectivity index (χ0) is 16.3. The fourth-order valence-corrected chi connectivity index (χ4v) is 2.52. The van der Waals surface area contributed by atoms with Crippen molar-refractivity contribution >= 4 is 11.7 Å². The van der Waals surface area contributed by atoms with Crippen LogP contribution < -0.4 is 10.6 Å². The van der Waals surface area contributed by atoms with Crippen molar-refractivity contribution in [2.45, 2.75) is 47.1 Å². The number of rotatable bonds is 4. The maximum Gasteiger partial charge on any atom is 0.319 e. The average Bonchev–Trinajstić information content (AvgIpc) is 2.77. The Kier molecular flexibility index (Phi) is 4.85. The molecule has 0 fully saturated rings. The summed E-state index contributed by atoms with van der Waals surface area (Å²) in [6.45, 7) is 10.7. The number of nitrogens with one attached hydrogen (secondary N) is 3. The molecule has 1 aromatic carbocycles. The third kappa shape index (κ3) is 3.67. The van der Waals surface area contributed by atoms with Gasteiger partial charge in [0, 0.05) is 23.5 Å². The van der Waals surface area contributed by atoms with Crippen LogP contribution in [0.1, 0.15) is 47.8 Å². The van der Waals surface area contributed by atoms with E-state index in [0.717, 1.165) is 22.6 Å². The molecule has 0 atom stereocenters. The molecule has 5 nitrogen and oxygen atoms in total. The lowest BCUT2D eigenvalue weighted by molar-refractivity contribution is 0.251. The summed E-state index contributed by atoms with van der Waals surface area (Å²) >= 11 is 0. The number of benzene rings is 1. The normalized spacial score (nSPS) is 10.8. The molecule has 0 saturated heterocycles. The molecule has 0 spiro atoms. The minimum Gasteiger partial charge on any atom is -0.334 e. The van der Waals surface area contributed by atoms with Gasteiger partial charge < -0.3 is 10.6 Å². The maximum absolute atomic E-state index is 12.0. The van der Waals surface area contributed by atoms with E-state index >= 15 is 0 Å². The summed E-state index contributed by atoms with van der Waals surface area (Å²) in [4.78, 5) is 12.0. The molecule has 2 rings (SSSR count). The van der Waals surface area contributed by atoms with Crippen LogP contribution in [-0.4, -0.2) is 16.2 Å². The van der Waals surface area contributed by atoms with E-state index < -0.39 is 0 Å². The van der Waals surface area contributed by atoms with Crippen molar-refractivity contribution in [2.24, 2.45) is 0 Å². The highest BCUT2D eigenvalue weighted by molar-refractivity contribution is 5.89. The van der Waals surface area contributed by atoms with Crippen LogP contribution in [0.5, 0.6) is 0 Å². The van der Waals surface area contributed by atoms with Crippen LogP contribution in [-0.2, 0) is 6.54 Å². The lowest BCUT2D eigenvalue weighted by atomic mass is 9.97. The third-order valence-electron chi connectivity index (χ3n) is 3.87. The van der Waals surface area contributed by atoms with E-state index in [1.54, 1.807) is 0 Å². The Hall–Kier alpha value is -2.30. The fourth-order valence-electron chi connectivity index (χ4n) is 2.52. The Balaban J connectivity index is 1.99. The highest BCUT2D eigenvalue weighted by atomic mass is 16.2.